The van der Waals surface area contributed by atoms with E-state index in [0.29, 0.717) is 0 Å². The molecular weight excluding hydrogens is 241 g/mol. The smallest absolute Gasteiger partial charge is 0.271 e. The highest BCUT2D eigenvalue weighted by Gasteiger charge is 2.35. The summed E-state index contributed by atoms with van der Waals surface area (Å²) < 4.78 is 36.8. The van der Waals surface area contributed by atoms with Gasteiger partial charge in [0.25, 0.3) is 0 Å². The van der Waals surface area contributed by atoms with Gasteiger partial charge in [-0.05, 0) is 12.0 Å². The fourth-order valence-corrected chi connectivity index (χ4v) is 2.03. The second-order valence-electron chi connectivity index (χ2n) is 4.96. The minimum absolute atomic E-state index is 0.0398. The van der Waals surface area contributed by atoms with Gasteiger partial charge in [0.05, 0.1) is 0 Å². The van der Waals surface area contributed by atoms with Gasteiger partial charge in [0.15, 0.2) is 0 Å². The van der Waals surface area contributed by atoms with Crippen LogP contribution in [0.1, 0.15) is 32.3 Å². The summed E-state index contributed by atoms with van der Waals surface area (Å²) in [7, 11) is 0. The van der Waals surface area contributed by atoms with Gasteiger partial charge in [0.1, 0.15) is 0 Å². The average Bonchev–Trinajstić information content (AvgIpc) is 2.29. The standard InChI is InChI=1S/C13H19F3N2/c1-12(2,10-6-4-3-5-7-10)11(18-17)8-9-13(14,15)16/h3-7,11,18H,8-9,17H2,1-2H3. The van der Waals surface area contributed by atoms with Crippen LogP contribution in [0, 0.1) is 0 Å². The normalized spacial score (nSPS) is 14.6. The number of nitrogens with two attached hydrogens (primary N) is 1. The monoisotopic (exact) mass is 260 g/mol. The van der Waals surface area contributed by atoms with Crippen LogP contribution in [0.5, 0.6) is 0 Å². The van der Waals surface area contributed by atoms with Gasteiger partial charge in [-0.15, -0.1) is 0 Å². The van der Waals surface area contributed by atoms with E-state index in [1.165, 1.54) is 0 Å². The molecule has 0 aliphatic heterocycles. The van der Waals surface area contributed by atoms with E-state index >= 15 is 0 Å². The number of nitrogens with one attached hydrogen (secondary N) is 1. The predicted molar refractivity (Wildman–Crippen MR) is 65.9 cm³/mol. The average molecular weight is 260 g/mol. The van der Waals surface area contributed by atoms with Crippen molar-refractivity contribution in [2.45, 2.75) is 44.3 Å². The lowest BCUT2D eigenvalue weighted by Crippen LogP contribution is -2.48. The molecule has 0 aromatic heterocycles. The predicted octanol–water partition coefficient (Wildman–Crippen LogP) is 3.14. The Morgan fingerprint density at radius 1 is 1.17 bits per heavy atom. The number of hydrogen-bond donors (Lipinski definition) is 2. The first-order valence-electron chi connectivity index (χ1n) is 5.86. The summed E-state index contributed by atoms with van der Waals surface area (Å²) in [5.74, 6) is 5.41. The van der Waals surface area contributed by atoms with Crippen molar-refractivity contribution in [2.24, 2.45) is 5.84 Å². The van der Waals surface area contributed by atoms with E-state index in [2.05, 4.69) is 5.43 Å². The molecule has 0 aliphatic rings. The molecule has 0 heterocycles. The summed E-state index contributed by atoms with van der Waals surface area (Å²) in [5.41, 5.74) is 3.02. The SMILES string of the molecule is CC(C)(c1ccccc1)C(CCC(F)(F)F)NN. The highest BCUT2D eigenvalue weighted by molar-refractivity contribution is 5.25. The van der Waals surface area contributed by atoms with Crippen LogP contribution in [-0.2, 0) is 5.41 Å². The molecule has 5 heteroatoms. The number of hydrazine groups is 1. The van der Waals surface area contributed by atoms with Crippen LogP contribution in [0.3, 0.4) is 0 Å². The highest BCUT2D eigenvalue weighted by Crippen LogP contribution is 2.31. The maximum atomic E-state index is 12.3. The summed E-state index contributed by atoms with van der Waals surface area (Å²) >= 11 is 0. The Labute approximate surface area is 105 Å². The second-order valence-corrected chi connectivity index (χ2v) is 4.96. The van der Waals surface area contributed by atoms with Gasteiger partial charge < -0.3 is 0 Å². The molecule has 18 heavy (non-hydrogen) atoms. The molecule has 102 valence electrons. The van der Waals surface area contributed by atoms with Crippen molar-refractivity contribution in [3.8, 4) is 0 Å². The largest absolute Gasteiger partial charge is 0.389 e. The van der Waals surface area contributed by atoms with Crippen molar-refractivity contribution < 1.29 is 13.2 Å². The van der Waals surface area contributed by atoms with E-state index in [-0.39, 0.29) is 6.42 Å². The lowest BCUT2D eigenvalue weighted by Gasteiger charge is -2.34. The van der Waals surface area contributed by atoms with Gasteiger partial charge in [-0.25, -0.2) is 0 Å². The molecule has 1 rings (SSSR count). The third kappa shape index (κ3) is 3.99. The van der Waals surface area contributed by atoms with Crippen LogP contribution in [0.25, 0.3) is 0 Å². The topological polar surface area (TPSA) is 38.0 Å². The molecule has 0 spiro atoms. The van der Waals surface area contributed by atoms with Crippen LogP contribution in [-0.4, -0.2) is 12.2 Å². The van der Waals surface area contributed by atoms with Gasteiger partial charge >= 0.3 is 6.18 Å². The van der Waals surface area contributed by atoms with E-state index in [0.717, 1.165) is 5.56 Å². The van der Waals surface area contributed by atoms with Gasteiger partial charge in [-0.2, -0.15) is 13.2 Å². The van der Waals surface area contributed by atoms with E-state index in [1.54, 1.807) is 0 Å². The van der Waals surface area contributed by atoms with Crippen molar-refractivity contribution in [3.05, 3.63) is 35.9 Å². The first-order chi connectivity index (χ1) is 8.27. The summed E-state index contributed by atoms with van der Waals surface area (Å²) in [6.07, 6.45) is -5.03. The Morgan fingerprint density at radius 2 is 1.72 bits per heavy atom. The fraction of sp³-hybridized carbons (Fsp3) is 0.538. The van der Waals surface area contributed by atoms with E-state index in [1.807, 2.05) is 44.2 Å². The fourth-order valence-electron chi connectivity index (χ4n) is 2.03. The Kier molecular flexibility index (Phi) is 4.76. The van der Waals surface area contributed by atoms with Crippen LogP contribution >= 0.6 is 0 Å². The van der Waals surface area contributed by atoms with Crippen LogP contribution < -0.4 is 11.3 Å². The number of hydrogen-bond acceptors (Lipinski definition) is 2. The van der Waals surface area contributed by atoms with Crippen molar-refractivity contribution >= 4 is 0 Å². The second kappa shape index (κ2) is 5.71. The molecule has 0 fully saturated rings. The molecule has 3 N–H and O–H groups in total. The summed E-state index contributed by atoms with van der Waals surface area (Å²) in [6, 6.07) is 8.99. The van der Waals surface area contributed by atoms with E-state index < -0.39 is 24.1 Å². The maximum absolute atomic E-state index is 12.3. The zero-order valence-corrected chi connectivity index (χ0v) is 10.6. The third-order valence-corrected chi connectivity index (χ3v) is 3.31. The van der Waals surface area contributed by atoms with Crippen molar-refractivity contribution in [1.82, 2.24) is 5.43 Å². The minimum atomic E-state index is -4.15. The van der Waals surface area contributed by atoms with Crippen LogP contribution in [0.15, 0.2) is 30.3 Å². The third-order valence-electron chi connectivity index (χ3n) is 3.31. The molecule has 0 saturated carbocycles. The van der Waals surface area contributed by atoms with Crippen molar-refractivity contribution in [3.63, 3.8) is 0 Å². The molecule has 0 aliphatic carbocycles. The molecule has 1 unspecified atom stereocenters. The van der Waals surface area contributed by atoms with Gasteiger partial charge in [0.2, 0.25) is 0 Å². The van der Waals surface area contributed by atoms with Gasteiger partial charge in [-0.3, -0.25) is 11.3 Å². The lowest BCUT2D eigenvalue weighted by atomic mass is 9.76. The molecule has 0 bridgehead atoms. The zero-order chi connectivity index (χ0) is 13.8. The van der Waals surface area contributed by atoms with Crippen LogP contribution in [0.4, 0.5) is 13.2 Å². The first-order valence-corrected chi connectivity index (χ1v) is 5.86. The Morgan fingerprint density at radius 3 is 2.17 bits per heavy atom. The summed E-state index contributed by atoms with van der Waals surface area (Å²) in [6.45, 7) is 3.78. The molecule has 0 amide bonds. The van der Waals surface area contributed by atoms with Gasteiger partial charge in [-0.1, -0.05) is 44.2 Å². The molecular formula is C13H19F3N2. The number of rotatable bonds is 5. The molecule has 1 aromatic rings. The summed E-state index contributed by atoms with van der Waals surface area (Å²) in [4.78, 5) is 0. The van der Waals surface area contributed by atoms with Crippen molar-refractivity contribution in [2.75, 3.05) is 0 Å². The number of alkyl halides is 3. The molecule has 1 aromatic carbocycles. The Balaban J connectivity index is 2.80. The lowest BCUT2D eigenvalue weighted by molar-refractivity contribution is -0.137. The minimum Gasteiger partial charge on any atom is -0.271 e. The number of benzene rings is 1. The van der Waals surface area contributed by atoms with Gasteiger partial charge in [0, 0.05) is 17.9 Å². The molecule has 2 nitrogen and oxygen atoms in total. The summed E-state index contributed by atoms with van der Waals surface area (Å²) in [5, 5.41) is 0. The Hall–Kier alpha value is -1.07. The first kappa shape index (κ1) is 15.0. The molecule has 1 atom stereocenters. The highest BCUT2D eigenvalue weighted by atomic mass is 19.4. The van der Waals surface area contributed by atoms with E-state index in [4.69, 9.17) is 5.84 Å². The van der Waals surface area contributed by atoms with E-state index in [9.17, 15) is 13.2 Å². The zero-order valence-electron chi connectivity index (χ0n) is 10.6. The van der Waals surface area contributed by atoms with Crippen molar-refractivity contribution in [1.29, 1.82) is 0 Å². The Bertz CT molecular complexity index is 360. The molecule has 0 radical (unpaired) electrons. The number of halogens is 3. The maximum Gasteiger partial charge on any atom is 0.389 e. The quantitative estimate of drug-likeness (QED) is 0.630. The molecule has 0 saturated heterocycles. The van der Waals surface area contributed by atoms with Crippen LogP contribution in [0.2, 0.25) is 0 Å².